The zero-order chi connectivity index (χ0) is 14.1. The van der Waals surface area contributed by atoms with Crippen LogP contribution in [0, 0.1) is 11.8 Å². The number of carbonyl (C=O) groups is 1. The number of carbonyl (C=O) groups excluding carboxylic acids is 1. The van der Waals surface area contributed by atoms with Crippen LogP contribution in [0.1, 0.15) is 42.6 Å². The van der Waals surface area contributed by atoms with Crippen LogP contribution < -0.4 is 16.8 Å². The smallest absolute Gasteiger partial charge is 0.273 e. The fraction of sp³-hybridized carbons (Fsp3) is 0.643. The van der Waals surface area contributed by atoms with Crippen molar-refractivity contribution in [3.63, 3.8) is 0 Å². The van der Waals surface area contributed by atoms with Crippen LogP contribution in [0.5, 0.6) is 0 Å². The molecular formula is C14H21N5O. The maximum Gasteiger partial charge on any atom is 0.273 e. The number of amides is 1. The number of nitrogens with two attached hydrogens (primary N) is 2. The van der Waals surface area contributed by atoms with Crippen molar-refractivity contribution in [2.45, 2.75) is 44.2 Å². The van der Waals surface area contributed by atoms with Gasteiger partial charge >= 0.3 is 0 Å². The molecule has 2 fully saturated rings. The predicted molar refractivity (Wildman–Crippen MR) is 75.7 cm³/mol. The first-order valence-electron chi connectivity index (χ1n) is 7.28. The Bertz CT molecular complexity index is 492. The summed E-state index contributed by atoms with van der Waals surface area (Å²) in [6, 6.07) is 0.484. The summed E-state index contributed by atoms with van der Waals surface area (Å²) in [7, 11) is 0. The lowest BCUT2D eigenvalue weighted by Gasteiger charge is -2.45. The second-order valence-corrected chi connectivity index (χ2v) is 5.97. The van der Waals surface area contributed by atoms with Crippen molar-refractivity contribution in [1.82, 2.24) is 15.3 Å². The second-order valence-electron chi connectivity index (χ2n) is 5.97. The quantitative estimate of drug-likeness (QED) is 0.736. The van der Waals surface area contributed by atoms with E-state index < -0.39 is 0 Å². The van der Waals surface area contributed by atoms with Gasteiger partial charge in [-0.25, -0.2) is 9.97 Å². The zero-order valence-corrected chi connectivity index (χ0v) is 11.5. The maximum atomic E-state index is 12.3. The molecule has 2 atom stereocenters. The number of nitrogen functional groups attached to an aromatic ring is 1. The van der Waals surface area contributed by atoms with E-state index in [0.29, 0.717) is 11.8 Å². The highest BCUT2D eigenvalue weighted by atomic mass is 16.2. The SMILES string of the molecule is Nc1nccnc1C(=O)NC1C2CCCC1CC(N)C2. The van der Waals surface area contributed by atoms with Gasteiger partial charge in [-0.2, -0.15) is 0 Å². The summed E-state index contributed by atoms with van der Waals surface area (Å²) in [4.78, 5) is 20.3. The van der Waals surface area contributed by atoms with Crippen molar-refractivity contribution in [3.05, 3.63) is 18.1 Å². The molecule has 2 aliphatic rings. The van der Waals surface area contributed by atoms with Gasteiger partial charge in [0.25, 0.3) is 5.91 Å². The normalized spacial score (nSPS) is 32.6. The minimum Gasteiger partial charge on any atom is -0.382 e. The van der Waals surface area contributed by atoms with Gasteiger partial charge in [0, 0.05) is 24.5 Å². The molecule has 6 nitrogen and oxygen atoms in total. The van der Waals surface area contributed by atoms with Crippen LogP contribution in [-0.2, 0) is 0 Å². The largest absolute Gasteiger partial charge is 0.382 e. The molecule has 108 valence electrons. The van der Waals surface area contributed by atoms with Crippen molar-refractivity contribution in [1.29, 1.82) is 0 Å². The van der Waals surface area contributed by atoms with Gasteiger partial charge in [0.1, 0.15) is 0 Å². The Morgan fingerprint density at radius 1 is 1.20 bits per heavy atom. The van der Waals surface area contributed by atoms with Crippen LogP contribution in [0.25, 0.3) is 0 Å². The van der Waals surface area contributed by atoms with Crippen LogP contribution in [0.15, 0.2) is 12.4 Å². The van der Waals surface area contributed by atoms with Crippen LogP contribution >= 0.6 is 0 Å². The summed E-state index contributed by atoms with van der Waals surface area (Å²) >= 11 is 0. The summed E-state index contributed by atoms with van der Waals surface area (Å²) in [5.41, 5.74) is 12.0. The van der Waals surface area contributed by atoms with Crippen molar-refractivity contribution in [3.8, 4) is 0 Å². The van der Waals surface area contributed by atoms with Gasteiger partial charge < -0.3 is 16.8 Å². The molecule has 6 heteroatoms. The van der Waals surface area contributed by atoms with Crippen LogP contribution in [-0.4, -0.2) is 28.0 Å². The first kappa shape index (κ1) is 13.3. The number of hydrogen-bond acceptors (Lipinski definition) is 5. The zero-order valence-electron chi connectivity index (χ0n) is 11.5. The Labute approximate surface area is 118 Å². The fourth-order valence-corrected chi connectivity index (χ4v) is 3.77. The number of fused-ring (bicyclic) bond motifs is 2. The van der Waals surface area contributed by atoms with Crippen LogP contribution in [0.4, 0.5) is 5.82 Å². The minimum absolute atomic E-state index is 0.183. The Morgan fingerprint density at radius 3 is 2.50 bits per heavy atom. The average molecular weight is 275 g/mol. The molecule has 1 heterocycles. The third-order valence-corrected chi connectivity index (χ3v) is 4.62. The molecule has 2 saturated carbocycles. The van der Waals surface area contributed by atoms with Crippen molar-refractivity contribution < 1.29 is 4.79 Å². The van der Waals surface area contributed by atoms with E-state index in [1.54, 1.807) is 0 Å². The first-order chi connectivity index (χ1) is 9.65. The fourth-order valence-electron chi connectivity index (χ4n) is 3.77. The Hall–Kier alpha value is -1.69. The highest BCUT2D eigenvalue weighted by Gasteiger charge is 2.40. The summed E-state index contributed by atoms with van der Waals surface area (Å²) in [6.07, 6.45) is 8.50. The molecule has 2 bridgehead atoms. The van der Waals surface area contributed by atoms with E-state index in [4.69, 9.17) is 11.5 Å². The number of nitrogens with zero attached hydrogens (tertiary/aromatic N) is 2. The lowest BCUT2D eigenvalue weighted by Crippen LogP contribution is -2.53. The highest BCUT2D eigenvalue weighted by molar-refractivity contribution is 5.96. The Kier molecular flexibility index (Phi) is 3.56. The maximum absolute atomic E-state index is 12.3. The summed E-state index contributed by atoms with van der Waals surface area (Å²) in [5.74, 6) is 0.939. The number of aromatic nitrogens is 2. The van der Waals surface area contributed by atoms with E-state index in [2.05, 4.69) is 15.3 Å². The third-order valence-electron chi connectivity index (χ3n) is 4.62. The topological polar surface area (TPSA) is 107 Å². The molecule has 1 amide bonds. The van der Waals surface area contributed by atoms with Crippen molar-refractivity contribution in [2.24, 2.45) is 17.6 Å². The van der Waals surface area contributed by atoms with Gasteiger partial charge in [0.05, 0.1) is 0 Å². The monoisotopic (exact) mass is 275 g/mol. The lowest BCUT2D eigenvalue weighted by atomic mass is 9.67. The molecule has 0 saturated heterocycles. The van der Waals surface area contributed by atoms with Gasteiger partial charge in [-0.3, -0.25) is 4.79 Å². The van der Waals surface area contributed by atoms with Crippen LogP contribution in [0.3, 0.4) is 0 Å². The van der Waals surface area contributed by atoms with Gasteiger partial charge in [-0.05, 0) is 37.5 Å². The molecule has 5 N–H and O–H groups in total. The Balaban J connectivity index is 1.74. The Morgan fingerprint density at radius 2 is 1.85 bits per heavy atom. The van der Waals surface area contributed by atoms with Gasteiger partial charge in [-0.15, -0.1) is 0 Å². The first-order valence-corrected chi connectivity index (χ1v) is 7.28. The van der Waals surface area contributed by atoms with Crippen LogP contribution in [0.2, 0.25) is 0 Å². The lowest BCUT2D eigenvalue weighted by molar-refractivity contribution is 0.0752. The molecule has 0 aromatic carbocycles. The van der Waals surface area contributed by atoms with E-state index in [0.717, 1.165) is 25.7 Å². The molecule has 1 aromatic rings. The number of hydrogen-bond donors (Lipinski definition) is 3. The molecule has 0 radical (unpaired) electrons. The standard InChI is InChI=1S/C14H21N5O/c15-10-6-8-2-1-3-9(7-10)11(8)19-14(20)12-13(16)18-5-4-17-12/h4-5,8-11H,1-3,6-7,15H2,(H2,16,18)(H,19,20). The molecule has 1 aromatic heterocycles. The average Bonchev–Trinajstić information content (AvgIpc) is 2.40. The summed E-state index contributed by atoms with van der Waals surface area (Å²) < 4.78 is 0. The van der Waals surface area contributed by atoms with E-state index >= 15 is 0 Å². The van der Waals surface area contributed by atoms with Gasteiger partial charge in [0.2, 0.25) is 0 Å². The number of nitrogens with one attached hydrogen (secondary N) is 1. The molecule has 0 spiro atoms. The van der Waals surface area contributed by atoms with E-state index in [-0.39, 0.29) is 29.5 Å². The highest BCUT2D eigenvalue weighted by Crippen LogP contribution is 2.39. The van der Waals surface area contributed by atoms with Gasteiger partial charge in [0.15, 0.2) is 11.5 Å². The van der Waals surface area contributed by atoms with Gasteiger partial charge in [-0.1, -0.05) is 6.42 Å². The third kappa shape index (κ3) is 2.47. The molecule has 0 aliphatic heterocycles. The number of anilines is 1. The molecule has 20 heavy (non-hydrogen) atoms. The predicted octanol–water partition coefficient (Wildman–Crippen LogP) is 0.695. The molecule has 2 unspecified atom stereocenters. The van der Waals surface area contributed by atoms with E-state index in [1.165, 1.54) is 18.8 Å². The van der Waals surface area contributed by atoms with E-state index in [1.807, 2.05) is 0 Å². The molecule has 2 aliphatic carbocycles. The number of rotatable bonds is 2. The van der Waals surface area contributed by atoms with E-state index in [9.17, 15) is 4.79 Å². The summed E-state index contributed by atoms with van der Waals surface area (Å²) in [5, 5.41) is 3.12. The van der Waals surface area contributed by atoms with Crippen molar-refractivity contribution in [2.75, 3.05) is 5.73 Å². The second kappa shape index (κ2) is 5.36. The molecule has 3 rings (SSSR count). The molecular weight excluding hydrogens is 254 g/mol. The van der Waals surface area contributed by atoms with Crippen molar-refractivity contribution >= 4 is 11.7 Å². The minimum atomic E-state index is -0.215. The summed E-state index contributed by atoms with van der Waals surface area (Å²) in [6.45, 7) is 0.